The maximum Gasteiger partial charge on any atom is 0.262 e. The molecule has 1 N–H and O–H groups in total. The van der Waals surface area contributed by atoms with E-state index < -0.39 is 0 Å². The van der Waals surface area contributed by atoms with Crippen molar-refractivity contribution in [1.82, 2.24) is 0 Å². The SMILES string of the molecule is CCOc1cc(/C=C(\C#N)c2ccc(C)cc2)cc(I)c1OCC(=O)Nc1ccc(Cl)cc1. The molecular formula is C26H22ClIN2O3. The molecule has 168 valence electrons. The Morgan fingerprint density at radius 1 is 1.12 bits per heavy atom. The zero-order valence-corrected chi connectivity index (χ0v) is 21.1. The van der Waals surface area contributed by atoms with E-state index >= 15 is 0 Å². The fraction of sp³-hybridized carbons (Fsp3) is 0.154. The monoisotopic (exact) mass is 572 g/mol. The molecule has 0 aromatic heterocycles. The molecule has 3 aromatic carbocycles. The van der Waals surface area contributed by atoms with Crippen LogP contribution in [0.4, 0.5) is 5.69 Å². The number of benzene rings is 3. The van der Waals surface area contributed by atoms with Crippen LogP contribution in [0.5, 0.6) is 11.5 Å². The molecule has 0 saturated carbocycles. The molecular weight excluding hydrogens is 551 g/mol. The van der Waals surface area contributed by atoms with Gasteiger partial charge >= 0.3 is 0 Å². The number of aryl methyl sites for hydroxylation is 1. The number of nitrogens with one attached hydrogen (secondary N) is 1. The Balaban J connectivity index is 1.80. The van der Waals surface area contributed by atoms with Gasteiger partial charge in [0.25, 0.3) is 5.91 Å². The molecule has 33 heavy (non-hydrogen) atoms. The molecule has 3 rings (SSSR count). The average Bonchev–Trinajstić information content (AvgIpc) is 2.79. The summed E-state index contributed by atoms with van der Waals surface area (Å²) in [6.07, 6.45) is 1.81. The fourth-order valence-corrected chi connectivity index (χ4v) is 3.93. The quantitative estimate of drug-likeness (QED) is 0.185. The number of allylic oxidation sites excluding steroid dienone is 1. The summed E-state index contributed by atoms with van der Waals surface area (Å²) in [6.45, 7) is 4.13. The molecule has 0 spiro atoms. The minimum atomic E-state index is -0.300. The molecule has 0 radical (unpaired) electrons. The molecule has 3 aromatic rings. The second-order valence-corrected chi connectivity index (χ2v) is 8.74. The predicted molar refractivity (Wildman–Crippen MR) is 141 cm³/mol. The highest BCUT2D eigenvalue weighted by Gasteiger charge is 2.14. The molecule has 5 nitrogen and oxygen atoms in total. The average molecular weight is 573 g/mol. The van der Waals surface area contributed by atoms with Crippen LogP contribution in [0, 0.1) is 21.8 Å². The lowest BCUT2D eigenvalue weighted by molar-refractivity contribution is -0.118. The highest BCUT2D eigenvalue weighted by atomic mass is 127. The first-order valence-corrected chi connectivity index (χ1v) is 11.7. The van der Waals surface area contributed by atoms with Gasteiger partial charge in [0.2, 0.25) is 0 Å². The van der Waals surface area contributed by atoms with E-state index in [0.29, 0.717) is 34.4 Å². The zero-order chi connectivity index (χ0) is 23.8. The summed E-state index contributed by atoms with van der Waals surface area (Å²) in [7, 11) is 0. The number of hydrogen-bond donors (Lipinski definition) is 1. The number of carbonyl (C=O) groups is 1. The number of anilines is 1. The number of rotatable bonds is 8. The fourth-order valence-electron chi connectivity index (χ4n) is 3.02. The molecule has 0 bridgehead atoms. The molecule has 0 aliphatic heterocycles. The Bertz CT molecular complexity index is 1200. The van der Waals surface area contributed by atoms with Gasteiger partial charge in [-0.1, -0.05) is 41.4 Å². The second-order valence-electron chi connectivity index (χ2n) is 7.14. The first-order chi connectivity index (χ1) is 15.9. The summed E-state index contributed by atoms with van der Waals surface area (Å²) in [5.74, 6) is 0.691. The van der Waals surface area contributed by atoms with Crippen LogP contribution in [-0.4, -0.2) is 19.1 Å². The van der Waals surface area contributed by atoms with Crippen LogP contribution in [0.3, 0.4) is 0 Å². The van der Waals surface area contributed by atoms with Crippen molar-refractivity contribution in [2.45, 2.75) is 13.8 Å². The van der Waals surface area contributed by atoms with Crippen LogP contribution in [-0.2, 0) is 4.79 Å². The first kappa shape index (κ1) is 24.6. The summed E-state index contributed by atoms with van der Waals surface area (Å²) in [5.41, 5.74) is 3.96. The zero-order valence-electron chi connectivity index (χ0n) is 18.2. The summed E-state index contributed by atoms with van der Waals surface area (Å²) in [4.78, 5) is 12.3. The number of ether oxygens (including phenoxy) is 2. The molecule has 0 saturated heterocycles. The molecule has 0 aliphatic carbocycles. The molecule has 0 unspecified atom stereocenters. The normalized spacial score (nSPS) is 10.9. The van der Waals surface area contributed by atoms with E-state index in [2.05, 4.69) is 34.0 Å². The number of amides is 1. The maximum absolute atomic E-state index is 12.3. The number of nitrogens with zero attached hydrogens (tertiary/aromatic N) is 1. The van der Waals surface area contributed by atoms with Crippen molar-refractivity contribution in [3.63, 3.8) is 0 Å². The third-order valence-electron chi connectivity index (χ3n) is 4.60. The third-order valence-corrected chi connectivity index (χ3v) is 5.65. The van der Waals surface area contributed by atoms with Crippen molar-refractivity contribution in [3.8, 4) is 17.6 Å². The van der Waals surface area contributed by atoms with Crippen molar-refractivity contribution in [1.29, 1.82) is 5.26 Å². The van der Waals surface area contributed by atoms with Gasteiger partial charge in [0.1, 0.15) is 0 Å². The lowest BCUT2D eigenvalue weighted by atomic mass is 10.0. The summed E-state index contributed by atoms with van der Waals surface area (Å²) >= 11 is 8.01. The second kappa shape index (κ2) is 11.7. The van der Waals surface area contributed by atoms with Crippen molar-refractivity contribution in [2.75, 3.05) is 18.5 Å². The van der Waals surface area contributed by atoms with Gasteiger partial charge in [-0.3, -0.25) is 4.79 Å². The Hall–Kier alpha value is -3.02. The Kier molecular flexibility index (Phi) is 8.75. The first-order valence-electron chi connectivity index (χ1n) is 10.2. The van der Waals surface area contributed by atoms with E-state index in [-0.39, 0.29) is 12.5 Å². The number of halogens is 2. The lowest BCUT2D eigenvalue weighted by Crippen LogP contribution is -2.20. The van der Waals surface area contributed by atoms with Gasteiger partial charge in [-0.15, -0.1) is 0 Å². The van der Waals surface area contributed by atoms with E-state index in [1.54, 1.807) is 24.3 Å². The highest BCUT2D eigenvalue weighted by Crippen LogP contribution is 2.35. The van der Waals surface area contributed by atoms with Gasteiger partial charge in [-0.25, -0.2) is 0 Å². The van der Waals surface area contributed by atoms with Crippen LogP contribution in [0.15, 0.2) is 60.7 Å². The van der Waals surface area contributed by atoms with Crippen LogP contribution in [0.2, 0.25) is 5.02 Å². The Morgan fingerprint density at radius 2 is 1.82 bits per heavy atom. The standard InChI is InChI=1S/C26H22ClIN2O3/c1-3-32-24-14-18(12-20(15-29)19-6-4-17(2)5-7-19)13-23(28)26(24)33-16-25(31)30-22-10-8-21(27)9-11-22/h4-14H,3,16H2,1-2H3,(H,30,31)/b20-12+. The smallest absolute Gasteiger partial charge is 0.262 e. The van der Waals surface area contributed by atoms with Crippen molar-refractivity contribution in [3.05, 3.63) is 85.9 Å². The van der Waals surface area contributed by atoms with Crippen molar-refractivity contribution in [2.24, 2.45) is 0 Å². The largest absolute Gasteiger partial charge is 0.490 e. The van der Waals surface area contributed by atoms with Gasteiger partial charge in [-0.2, -0.15) is 5.26 Å². The van der Waals surface area contributed by atoms with Gasteiger partial charge in [0, 0.05) is 10.7 Å². The van der Waals surface area contributed by atoms with E-state index in [1.807, 2.05) is 56.3 Å². The predicted octanol–water partition coefficient (Wildman–Crippen LogP) is 6.73. The minimum Gasteiger partial charge on any atom is -0.490 e. The molecule has 0 atom stereocenters. The van der Waals surface area contributed by atoms with Crippen LogP contribution >= 0.6 is 34.2 Å². The number of carbonyl (C=O) groups excluding carboxylic acids is 1. The highest BCUT2D eigenvalue weighted by molar-refractivity contribution is 14.1. The van der Waals surface area contributed by atoms with Gasteiger partial charge in [0.05, 0.1) is 21.8 Å². The van der Waals surface area contributed by atoms with Gasteiger partial charge in [0.15, 0.2) is 18.1 Å². The van der Waals surface area contributed by atoms with Crippen molar-refractivity contribution >= 4 is 57.4 Å². The molecule has 0 heterocycles. The van der Waals surface area contributed by atoms with E-state index in [4.69, 9.17) is 21.1 Å². The maximum atomic E-state index is 12.3. The molecule has 7 heteroatoms. The van der Waals surface area contributed by atoms with E-state index in [9.17, 15) is 10.1 Å². The Morgan fingerprint density at radius 3 is 2.45 bits per heavy atom. The van der Waals surface area contributed by atoms with E-state index in [0.717, 1.165) is 20.3 Å². The molecule has 0 fully saturated rings. The molecule has 0 aliphatic rings. The minimum absolute atomic E-state index is 0.180. The molecule has 1 amide bonds. The number of hydrogen-bond acceptors (Lipinski definition) is 4. The van der Waals surface area contributed by atoms with Crippen LogP contribution in [0.25, 0.3) is 11.6 Å². The van der Waals surface area contributed by atoms with Gasteiger partial charge in [-0.05, 0) is 90.0 Å². The summed E-state index contributed by atoms with van der Waals surface area (Å²) in [6, 6.07) is 20.6. The van der Waals surface area contributed by atoms with Crippen LogP contribution in [0.1, 0.15) is 23.6 Å². The third kappa shape index (κ3) is 6.98. The van der Waals surface area contributed by atoms with Crippen LogP contribution < -0.4 is 14.8 Å². The summed E-state index contributed by atoms with van der Waals surface area (Å²) < 4.78 is 12.3. The van der Waals surface area contributed by atoms with Gasteiger partial charge < -0.3 is 14.8 Å². The Labute approximate surface area is 212 Å². The topological polar surface area (TPSA) is 71.3 Å². The van der Waals surface area contributed by atoms with Crippen molar-refractivity contribution < 1.29 is 14.3 Å². The van der Waals surface area contributed by atoms with E-state index in [1.165, 1.54) is 0 Å². The summed E-state index contributed by atoms with van der Waals surface area (Å²) in [5, 5.41) is 13.0. The lowest BCUT2D eigenvalue weighted by Gasteiger charge is -2.15. The number of nitriles is 1.